The molecule has 1 fully saturated rings. The third kappa shape index (κ3) is 4.23. The van der Waals surface area contributed by atoms with Crippen molar-refractivity contribution in [2.24, 2.45) is 5.92 Å². The molecule has 1 aromatic rings. The van der Waals surface area contributed by atoms with Crippen molar-refractivity contribution in [1.82, 2.24) is 4.90 Å². The van der Waals surface area contributed by atoms with Crippen LogP contribution in [-0.4, -0.2) is 36.7 Å². The van der Waals surface area contributed by atoms with E-state index in [1.165, 1.54) is 6.07 Å². The van der Waals surface area contributed by atoms with Crippen LogP contribution in [0.1, 0.15) is 36.1 Å². The Hall–Kier alpha value is -1.50. The number of rotatable bonds is 4. The van der Waals surface area contributed by atoms with Crippen molar-refractivity contribution in [2.75, 3.05) is 19.7 Å². The summed E-state index contributed by atoms with van der Waals surface area (Å²) in [5, 5.41) is 0. The van der Waals surface area contributed by atoms with Gasteiger partial charge in [0, 0.05) is 6.54 Å². The molecule has 0 amide bonds. The van der Waals surface area contributed by atoms with Gasteiger partial charge in [0.05, 0.1) is 19.1 Å². The van der Waals surface area contributed by atoms with Gasteiger partial charge in [0.15, 0.2) is 0 Å². The summed E-state index contributed by atoms with van der Waals surface area (Å²) in [5.41, 5.74) is 0. The quantitative estimate of drug-likeness (QED) is 0.801. The van der Waals surface area contributed by atoms with Crippen LogP contribution in [0.3, 0.4) is 0 Å². The highest BCUT2D eigenvalue weighted by atomic mass is 19.4. The zero-order valence-electron chi connectivity index (χ0n) is 11.8. The second kappa shape index (κ2) is 6.51. The lowest BCUT2D eigenvalue weighted by molar-refractivity contribution is -0.187. The monoisotopic (exact) mass is 305 g/mol. The van der Waals surface area contributed by atoms with Crippen LogP contribution >= 0.6 is 0 Å². The van der Waals surface area contributed by atoms with Gasteiger partial charge in [-0.1, -0.05) is 0 Å². The fourth-order valence-electron chi connectivity index (χ4n) is 2.46. The molecule has 1 aliphatic heterocycles. The Bertz CT molecular complexity index is 484. The Morgan fingerprint density at radius 3 is 2.90 bits per heavy atom. The van der Waals surface area contributed by atoms with Crippen LogP contribution in [-0.2, 0) is 11.3 Å². The number of carbonyl (C=O) groups is 1. The maximum Gasteiger partial charge on any atom is 0.393 e. The number of ether oxygens (including phenoxy) is 1. The minimum Gasteiger partial charge on any atom is -0.460 e. The highest BCUT2D eigenvalue weighted by molar-refractivity contribution is 5.86. The molecule has 0 spiro atoms. The molecule has 0 N–H and O–H groups in total. The van der Waals surface area contributed by atoms with E-state index >= 15 is 0 Å². The largest absolute Gasteiger partial charge is 0.460 e. The highest BCUT2D eigenvalue weighted by Crippen LogP contribution is 2.33. The highest BCUT2D eigenvalue weighted by Gasteiger charge is 2.41. The van der Waals surface area contributed by atoms with Gasteiger partial charge >= 0.3 is 12.1 Å². The maximum atomic E-state index is 12.7. The zero-order chi connectivity index (χ0) is 15.5. The number of alkyl halides is 3. The topological polar surface area (TPSA) is 42.7 Å². The third-order valence-corrected chi connectivity index (χ3v) is 3.49. The second-order valence-corrected chi connectivity index (χ2v) is 5.10. The van der Waals surface area contributed by atoms with Crippen LogP contribution < -0.4 is 0 Å². The van der Waals surface area contributed by atoms with Crippen LogP contribution in [0, 0.1) is 5.92 Å². The van der Waals surface area contributed by atoms with Gasteiger partial charge in [0.2, 0.25) is 5.76 Å². The Morgan fingerprint density at radius 1 is 1.48 bits per heavy atom. The molecular formula is C14H18F3NO3. The average Bonchev–Trinajstić information content (AvgIpc) is 2.87. The van der Waals surface area contributed by atoms with Crippen molar-refractivity contribution < 1.29 is 27.1 Å². The molecule has 1 atom stereocenters. The fourth-order valence-corrected chi connectivity index (χ4v) is 2.46. The van der Waals surface area contributed by atoms with Crippen molar-refractivity contribution in [1.29, 1.82) is 0 Å². The predicted molar refractivity (Wildman–Crippen MR) is 68.7 cm³/mol. The van der Waals surface area contributed by atoms with Crippen LogP contribution in [0.2, 0.25) is 0 Å². The molecule has 2 rings (SSSR count). The van der Waals surface area contributed by atoms with E-state index in [1.54, 1.807) is 17.9 Å². The number of nitrogens with zero attached hydrogens (tertiary/aromatic N) is 1. The molecule has 4 nitrogen and oxygen atoms in total. The first-order valence-electron chi connectivity index (χ1n) is 6.95. The summed E-state index contributed by atoms with van der Waals surface area (Å²) in [4.78, 5) is 13.2. The second-order valence-electron chi connectivity index (χ2n) is 5.10. The van der Waals surface area contributed by atoms with Crippen molar-refractivity contribution in [3.63, 3.8) is 0 Å². The minimum absolute atomic E-state index is 0.0288. The Labute approximate surface area is 120 Å². The van der Waals surface area contributed by atoms with Gasteiger partial charge in [-0.15, -0.1) is 0 Å². The molecule has 7 heteroatoms. The van der Waals surface area contributed by atoms with Gasteiger partial charge in [-0.3, -0.25) is 4.90 Å². The fraction of sp³-hybridized carbons (Fsp3) is 0.643. The summed E-state index contributed by atoms with van der Waals surface area (Å²) in [7, 11) is 0. The smallest absolute Gasteiger partial charge is 0.393 e. The Morgan fingerprint density at radius 2 is 2.24 bits per heavy atom. The Kier molecular flexibility index (Phi) is 4.92. The van der Waals surface area contributed by atoms with Gasteiger partial charge in [0.25, 0.3) is 0 Å². The summed E-state index contributed by atoms with van der Waals surface area (Å²) in [5.74, 6) is -1.29. The normalized spacial score (nSPS) is 20.5. The number of esters is 1. The van der Waals surface area contributed by atoms with E-state index in [9.17, 15) is 18.0 Å². The number of hydrogen-bond donors (Lipinski definition) is 0. The molecule has 118 valence electrons. The van der Waals surface area contributed by atoms with E-state index in [2.05, 4.69) is 0 Å². The van der Waals surface area contributed by atoms with Crippen molar-refractivity contribution in [3.05, 3.63) is 23.7 Å². The number of halogens is 3. The standard InChI is InChI=1S/C14H18F3NO3/c1-2-20-13(19)12-6-5-11(21-12)9-18-7-3-4-10(8-18)14(15,16)17/h5-6,10H,2-4,7-9H2,1H3. The molecule has 0 radical (unpaired) electrons. The minimum atomic E-state index is -4.15. The molecular weight excluding hydrogens is 287 g/mol. The van der Waals surface area contributed by atoms with Crippen LogP contribution in [0.25, 0.3) is 0 Å². The molecule has 0 aromatic carbocycles. The van der Waals surface area contributed by atoms with Crippen molar-refractivity contribution in [3.8, 4) is 0 Å². The first kappa shape index (κ1) is 15.9. The zero-order valence-corrected chi connectivity index (χ0v) is 11.8. The molecule has 0 aliphatic carbocycles. The van der Waals surface area contributed by atoms with Crippen LogP contribution in [0.4, 0.5) is 13.2 Å². The first-order chi connectivity index (χ1) is 9.90. The maximum absolute atomic E-state index is 12.7. The van der Waals surface area contributed by atoms with Crippen LogP contribution in [0.15, 0.2) is 16.5 Å². The number of piperidine rings is 1. The molecule has 1 aliphatic rings. The van der Waals surface area contributed by atoms with E-state index in [1.807, 2.05) is 0 Å². The lowest BCUT2D eigenvalue weighted by Crippen LogP contribution is -2.41. The molecule has 0 bridgehead atoms. The van der Waals surface area contributed by atoms with E-state index in [4.69, 9.17) is 9.15 Å². The number of likely N-dealkylation sites (tertiary alicyclic amines) is 1. The first-order valence-corrected chi connectivity index (χ1v) is 6.95. The third-order valence-electron chi connectivity index (χ3n) is 3.49. The lowest BCUT2D eigenvalue weighted by atomic mass is 9.97. The van der Waals surface area contributed by atoms with Gasteiger partial charge in [0.1, 0.15) is 5.76 Å². The van der Waals surface area contributed by atoms with Gasteiger partial charge < -0.3 is 9.15 Å². The van der Waals surface area contributed by atoms with Crippen molar-refractivity contribution in [2.45, 2.75) is 32.5 Å². The van der Waals surface area contributed by atoms with E-state index in [-0.39, 0.29) is 31.9 Å². The molecule has 1 saturated heterocycles. The molecule has 1 unspecified atom stereocenters. The number of carbonyl (C=O) groups excluding carboxylic acids is 1. The summed E-state index contributed by atoms with van der Waals surface area (Å²) in [6.07, 6.45) is -3.47. The summed E-state index contributed by atoms with van der Waals surface area (Å²) < 4.78 is 48.3. The van der Waals surface area contributed by atoms with Crippen LogP contribution in [0.5, 0.6) is 0 Å². The van der Waals surface area contributed by atoms with E-state index in [0.29, 0.717) is 18.7 Å². The molecule has 21 heavy (non-hydrogen) atoms. The number of hydrogen-bond acceptors (Lipinski definition) is 4. The molecule has 1 aromatic heterocycles. The lowest BCUT2D eigenvalue weighted by Gasteiger charge is -2.33. The van der Waals surface area contributed by atoms with Crippen molar-refractivity contribution >= 4 is 5.97 Å². The van der Waals surface area contributed by atoms with E-state index in [0.717, 1.165) is 0 Å². The Balaban J connectivity index is 1.94. The van der Waals surface area contributed by atoms with Gasteiger partial charge in [-0.2, -0.15) is 13.2 Å². The van der Waals surface area contributed by atoms with Gasteiger partial charge in [-0.25, -0.2) is 4.79 Å². The summed E-state index contributed by atoms with van der Waals surface area (Å²) in [6.45, 7) is 2.77. The molecule has 2 heterocycles. The predicted octanol–water partition coefficient (Wildman–Crippen LogP) is 3.23. The summed E-state index contributed by atoms with van der Waals surface area (Å²) in [6, 6.07) is 3.09. The van der Waals surface area contributed by atoms with Gasteiger partial charge in [-0.05, 0) is 38.4 Å². The summed E-state index contributed by atoms with van der Waals surface area (Å²) >= 11 is 0. The van der Waals surface area contributed by atoms with E-state index < -0.39 is 18.1 Å². The molecule has 0 saturated carbocycles. The average molecular weight is 305 g/mol. The SMILES string of the molecule is CCOC(=O)c1ccc(CN2CCCC(C(F)(F)F)C2)o1. The number of furan rings is 1.